The second-order valence-corrected chi connectivity index (χ2v) is 5.46. The Hall–Kier alpha value is -0.930. The zero-order valence-corrected chi connectivity index (χ0v) is 12.1. The Balaban J connectivity index is 2.54. The van der Waals surface area contributed by atoms with Crippen molar-refractivity contribution in [3.8, 4) is 0 Å². The normalized spacial score (nSPS) is 15.1. The number of nitrogens with zero attached hydrogens (tertiary/aromatic N) is 1. The van der Waals surface area contributed by atoms with E-state index in [4.69, 9.17) is 0 Å². The maximum atomic E-state index is 12.8. The minimum atomic E-state index is -0.181. The molecule has 0 aliphatic heterocycles. The summed E-state index contributed by atoms with van der Waals surface area (Å²) >= 11 is 0. The maximum absolute atomic E-state index is 12.8. The van der Waals surface area contributed by atoms with Crippen LogP contribution in [0.1, 0.15) is 32.4 Å². The lowest BCUT2D eigenvalue weighted by Crippen LogP contribution is -2.42. The molecule has 3 heteroatoms. The van der Waals surface area contributed by atoms with E-state index in [-0.39, 0.29) is 11.9 Å². The quantitative estimate of drug-likeness (QED) is 0.837. The number of likely N-dealkylation sites (N-methyl/N-ethyl adjacent to an activating group) is 1. The van der Waals surface area contributed by atoms with Gasteiger partial charge in [0.2, 0.25) is 0 Å². The van der Waals surface area contributed by atoms with Crippen molar-refractivity contribution in [2.24, 2.45) is 5.92 Å². The van der Waals surface area contributed by atoms with E-state index in [1.54, 1.807) is 0 Å². The summed E-state index contributed by atoms with van der Waals surface area (Å²) in [6.45, 7) is 7.51. The van der Waals surface area contributed by atoms with Crippen molar-refractivity contribution >= 4 is 0 Å². The Bertz CT molecular complexity index is 338. The first-order valence-electron chi connectivity index (χ1n) is 6.57. The molecule has 0 heterocycles. The van der Waals surface area contributed by atoms with E-state index in [9.17, 15) is 4.39 Å². The number of rotatable bonds is 6. The van der Waals surface area contributed by atoms with Crippen LogP contribution < -0.4 is 5.32 Å². The molecule has 2 atom stereocenters. The van der Waals surface area contributed by atoms with Crippen LogP contribution in [0.25, 0.3) is 0 Å². The van der Waals surface area contributed by atoms with Gasteiger partial charge in [0.05, 0.1) is 0 Å². The van der Waals surface area contributed by atoms with Crippen molar-refractivity contribution in [2.75, 3.05) is 20.6 Å². The van der Waals surface area contributed by atoms with Gasteiger partial charge in [-0.05, 0) is 44.6 Å². The van der Waals surface area contributed by atoms with E-state index >= 15 is 0 Å². The number of hydrogen-bond donors (Lipinski definition) is 1. The molecule has 1 N–H and O–H groups in total. The molecule has 2 unspecified atom stereocenters. The van der Waals surface area contributed by atoms with Gasteiger partial charge in [0.25, 0.3) is 0 Å². The summed E-state index contributed by atoms with van der Waals surface area (Å²) in [6.07, 6.45) is 0. The molecule has 1 rings (SSSR count). The molecule has 0 bridgehead atoms. The molecule has 2 nitrogen and oxygen atoms in total. The molecule has 0 aromatic heterocycles. The molecule has 0 amide bonds. The second kappa shape index (κ2) is 6.86. The fraction of sp³-hybridized carbons (Fsp3) is 0.600. The van der Waals surface area contributed by atoms with Gasteiger partial charge in [0.1, 0.15) is 5.82 Å². The average Bonchev–Trinajstić information content (AvgIpc) is 2.28. The SMILES string of the molecule is CC(NCC(C(C)C)N(C)C)c1ccc(F)cc1. The average molecular weight is 252 g/mol. The van der Waals surface area contributed by atoms with Gasteiger partial charge in [-0.15, -0.1) is 0 Å². The van der Waals surface area contributed by atoms with Crippen LogP contribution in [0.15, 0.2) is 24.3 Å². The molecule has 102 valence electrons. The molecule has 0 aliphatic carbocycles. The molecule has 1 aromatic rings. The van der Waals surface area contributed by atoms with Crippen LogP contribution in [0.4, 0.5) is 4.39 Å². The second-order valence-electron chi connectivity index (χ2n) is 5.46. The van der Waals surface area contributed by atoms with Gasteiger partial charge in [-0.25, -0.2) is 4.39 Å². The van der Waals surface area contributed by atoms with Crippen LogP contribution in [0.3, 0.4) is 0 Å². The van der Waals surface area contributed by atoms with Crippen LogP contribution in [-0.4, -0.2) is 31.6 Å². The highest BCUT2D eigenvalue weighted by atomic mass is 19.1. The van der Waals surface area contributed by atoms with E-state index in [1.165, 1.54) is 12.1 Å². The molecule has 0 saturated heterocycles. The zero-order valence-electron chi connectivity index (χ0n) is 12.1. The first-order chi connectivity index (χ1) is 8.41. The first kappa shape index (κ1) is 15.1. The third kappa shape index (κ3) is 4.39. The summed E-state index contributed by atoms with van der Waals surface area (Å²) in [7, 11) is 4.21. The summed E-state index contributed by atoms with van der Waals surface area (Å²) in [5, 5.41) is 3.52. The lowest BCUT2D eigenvalue weighted by molar-refractivity contribution is 0.220. The van der Waals surface area contributed by atoms with Gasteiger partial charge >= 0.3 is 0 Å². The molecule has 18 heavy (non-hydrogen) atoms. The molecule has 1 aromatic carbocycles. The van der Waals surface area contributed by atoms with Crippen molar-refractivity contribution in [3.05, 3.63) is 35.6 Å². The molecular formula is C15H25FN2. The predicted octanol–water partition coefficient (Wildman–Crippen LogP) is 3.06. The Morgan fingerprint density at radius 3 is 2.11 bits per heavy atom. The zero-order chi connectivity index (χ0) is 13.7. The Kier molecular flexibility index (Phi) is 5.76. The minimum absolute atomic E-state index is 0.181. The highest BCUT2D eigenvalue weighted by molar-refractivity contribution is 5.19. The summed E-state index contributed by atoms with van der Waals surface area (Å²) in [6, 6.07) is 7.46. The number of hydrogen-bond acceptors (Lipinski definition) is 2. The van der Waals surface area contributed by atoms with Crippen molar-refractivity contribution in [1.82, 2.24) is 10.2 Å². The molecular weight excluding hydrogens is 227 g/mol. The summed E-state index contributed by atoms with van der Waals surface area (Å²) in [4.78, 5) is 2.25. The molecule has 0 radical (unpaired) electrons. The number of benzene rings is 1. The number of halogens is 1. The Morgan fingerprint density at radius 2 is 1.67 bits per heavy atom. The molecule has 0 fully saturated rings. The first-order valence-corrected chi connectivity index (χ1v) is 6.57. The van der Waals surface area contributed by atoms with Gasteiger partial charge in [0.15, 0.2) is 0 Å². The fourth-order valence-electron chi connectivity index (χ4n) is 2.18. The van der Waals surface area contributed by atoms with E-state index in [0.717, 1.165) is 12.1 Å². The van der Waals surface area contributed by atoms with Crippen LogP contribution >= 0.6 is 0 Å². The molecule has 0 spiro atoms. The standard InChI is InChI=1S/C15H25FN2/c1-11(2)15(18(4)5)10-17-12(3)13-6-8-14(16)9-7-13/h6-9,11-12,15,17H,10H2,1-5H3. The van der Waals surface area contributed by atoms with Crippen LogP contribution in [0.5, 0.6) is 0 Å². The van der Waals surface area contributed by atoms with Crippen LogP contribution in [0.2, 0.25) is 0 Å². The van der Waals surface area contributed by atoms with Gasteiger partial charge in [0, 0.05) is 18.6 Å². The van der Waals surface area contributed by atoms with Crippen molar-refractivity contribution in [2.45, 2.75) is 32.9 Å². The third-order valence-corrected chi connectivity index (χ3v) is 3.44. The topological polar surface area (TPSA) is 15.3 Å². The van der Waals surface area contributed by atoms with E-state index in [0.29, 0.717) is 12.0 Å². The predicted molar refractivity (Wildman–Crippen MR) is 75.1 cm³/mol. The highest BCUT2D eigenvalue weighted by Crippen LogP contribution is 2.14. The fourth-order valence-corrected chi connectivity index (χ4v) is 2.18. The van der Waals surface area contributed by atoms with Gasteiger partial charge in [-0.1, -0.05) is 26.0 Å². The van der Waals surface area contributed by atoms with E-state index in [1.807, 2.05) is 12.1 Å². The summed E-state index contributed by atoms with van der Waals surface area (Å²) in [5.74, 6) is 0.423. The Labute approximate surface area is 110 Å². The minimum Gasteiger partial charge on any atom is -0.309 e. The van der Waals surface area contributed by atoms with E-state index < -0.39 is 0 Å². The van der Waals surface area contributed by atoms with Crippen molar-refractivity contribution in [1.29, 1.82) is 0 Å². The Morgan fingerprint density at radius 1 is 1.11 bits per heavy atom. The van der Waals surface area contributed by atoms with E-state index in [2.05, 4.69) is 45.1 Å². The van der Waals surface area contributed by atoms with Crippen molar-refractivity contribution in [3.63, 3.8) is 0 Å². The summed E-state index contributed by atoms with van der Waals surface area (Å²) < 4.78 is 12.8. The lowest BCUT2D eigenvalue weighted by Gasteiger charge is -2.29. The van der Waals surface area contributed by atoms with Crippen LogP contribution in [-0.2, 0) is 0 Å². The monoisotopic (exact) mass is 252 g/mol. The van der Waals surface area contributed by atoms with Crippen molar-refractivity contribution < 1.29 is 4.39 Å². The van der Waals surface area contributed by atoms with Gasteiger partial charge < -0.3 is 10.2 Å². The highest BCUT2D eigenvalue weighted by Gasteiger charge is 2.16. The smallest absolute Gasteiger partial charge is 0.123 e. The van der Waals surface area contributed by atoms with Gasteiger partial charge in [-0.3, -0.25) is 0 Å². The number of nitrogens with one attached hydrogen (secondary N) is 1. The molecule has 0 saturated carbocycles. The lowest BCUT2D eigenvalue weighted by atomic mass is 10.0. The molecule has 0 aliphatic rings. The summed E-state index contributed by atoms with van der Waals surface area (Å²) in [5.41, 5.74) is 1.12. The van der Waals surface area contributed by atoms with Crippen LogP contribution in [0, 0.1) is 11.7 Å². The third-order valence-electron chi connectivity index (χ3n) is 3.44. The largest absolute Gasteiger partial charge is 0.309 e. The van der Waals surface area contributed by atoms with Gasteiger partial charge in [-0.2, -0.15) is 0 Å². The maximum Gasteiger partial charge on any atom is 0.123 e.